The summed E-state index contributed by atoms with van der Waals surface area (Å²) in [6.45, 7) is 0.0750. The smallest absolute Gasteiger partial charge is 0.0895 e. The topological polar surface area (TPSA) is 32.6 Å². The van der Waals surface area contributed by atoms with Gasteiger partial charge in [-0.05, 0) is 24.4 Å². The molecule has 0 aliphatic rings. The lowest BCUT2D eigenvalue weighted by molar-refractivity contribution is 0.305. The Bertz CT molecular complexity index is 411. The largest absolute Gasteiger partial charge is 0.395 e. The fourth-order valence-electron chi connectivity index (χ4n) is 0.940. The van der Waals surface area contributed by atoms with Crippen LogP contribution < -0.4 is 0 Å². The lowest BCUT2D eigenvalue weighted by Crippen LogP contribution is -1.78. The van der Waals surface area contributed by atoms with Crippen LogP contribution in [0.1, 0.15) is 12.0 Å². The highest BCUT2D eigenvalue weighted by Gasteiger charge is 1.94. The molecule has 0 heterocycles. The van der Waals surface area contributed by atoms with Crippen LogP contribution in [0.3, 0.4) is 0 Å². The SMILES string of the molecule is OCCC#Cc1ccccc1N=C=S. The van der Waals surface area contributed by atoms with Gasteiger partial charge in [-0.15, -0.1) is 0 Å². The Morgan fingerprint density at radius 1 is 1.36 bits per heavy atom. The monoisotopic (exact) mass is 203 g/mol. The van der Waals surface area contributed by atoms with Crippen molar-refractivity contribution in [2.75, 3.05) is 6.61 Å². The van der Waals surface area contributed by atoms with Crippen molar-refractivity contribution >= 4 is 23.1 Å². The van der Waals surface area contributed by atoms with E-state index in [9.17, 15) is 0 Å². The standard InChI is InChI=1S/C11H9NOS/c13-8-4-3-6-10-5-1-2-7-11(10)12-9-14/h1-2,5,7,13H,4,8H2. The summed E-state index contributed by atoms with van der Waals surface area (Å²) in [6.07, 6.45) is 0.468. The second-order valence-corrected chi connectivity index (χ2v) is 2.68. The molecule has 3 heteroatoms. The maximum absolute atomic E-state index is 8.56. The molecule has 1 N–H and O–H groups in total. The Labute approximate surface area is 88.3 Å². The molecule has 1 aromatic carbocycles. The normalized spacial score (nSPS) is 8.36. The summed E-state index contributed by atoms with van der Waals surface area (Å²) in [5, 5.41) is 10.9. The summed E-state index contributed by atoms with van der Waals surface area (Å²) in [5.74, 6) is 5.74. The van der Waals surface area contributed by atoms with E-state index < -0.39 is 0 Å². The molecule has 0 spiro atoms. The third-order valence-electron chi connectivity index (χ3n) is 1.53. The number of nitrogens with zero attached hydrogens (tertiary/aromatic N) is 1. The molecule has 0 aromatic heterocycles. The number of aliphatic imine (C=N–C) groups is 1. The lowest BCUT2D eigenvalue weighted by Gasteiger charge is -1.94. The highest BCUT2D eigenvalue weighted by Crippen LogP contribution is 2.16. The van der Waals surface area contributed by atoms with Crippen LogP contribution in [0.15, 0.2) is 29.3 Å². The van der Waals surface area contributed by atoms with Gasteiger partial charge in [0.2, 0.25) is 0 Å². The van der Waals surface area contributed by atoms with Crippen LogP contribution in [0.5, 0.6) is 0 Å². The Kier molecular flexibility index (Phi) is 4.60. The van der Waals surface area contributed by atoms with E-state index in [4.69, 9.17) is 5.11 Å². The minimum absolute atomic E-state index is 0.0750. The molecule has 0 saturated heterocycles. The number of para-hydroxylation sites is 1. The van der Waals surface area contributed by atoms with Gasteiger partial charge in [0.15, 0.2) is 0 Å². The number of rotatable bonds is 2. The average molecular weight is 203 g/mol. The molecule has 0 unspecified atom stereocenters. The van der Waals surface area contributed by atoms with Crippen molar-refractivity contribution in [2.24, 2.45) is 4.99 Å². The summed E-state index contributed by atoms with van der Waals surface area (Å²) in [5.41, 5.74) is 1.52. The summed E-state index contributed by atoms with van der Waals surface area (Å²) in [7, 11) is 0. The van der Waals surface area contributed by atoms with Gasteiger partial charge in [0.25, 0.3) is 0 Å². The van der Waals surface area contributed by atoms with Crippen molar-refractivity contribution in [1.29, 1.82) is 0 Å². The zero-order valence-corrected chi connectivity index (χ0v) is 8.34. The first kappa shape index (κ1) is 10.6. The van der Waals surface area contributed by atoms with E-state index in [1.807, 2.05) is 24.3 Å². The van der Waals surface area contributed by atoms with Crippen LogP contribution >= 0.6 is 12.2 Å². The Balaban J connectivity index is 2.97. The van der Waals surface area contributed by atoms with Crippen LogP contribution in [0, 0.1) is 11.8 Å². The number of aliphatic hydroxyl groups is 1. The predicted octanol–water partition coefficient (Wildman–Crippen LogP) is 2.15. The predicted molar refractivity (Wildman–Crippen MR) is 59.7 cm³/mol. The van der Waals surface area contributed by atoms with Gasteiger partial charge in [-0.25, -0.2) is 0 Å². The fraction of sp³-hybridized carbons (Fsp3) is 0.182. The van der Waals surface area contributed by atoms with E-state index in [0.717, 1.165) is 5.56 Å². The van der Waals surface area contributed by atoms with Gasteiger partial charge in [-0.3, -0.25) is 0 Å². The van der Waals surface area contributed by atoms with Gasteiger partial charge in [0, 0.05) is 6.42 Å². The molecule has 14 heavy (non-hydrogen) atoms. The third kappa shape index (κ3) is 3.12. The molecule has 0 saturated carbocycles. The summed E-state index contributed by atoms with van der Waals surface area (Å²) < 4.78 is 0. The van der Waals surface area contributed by atoms with Crippen molar-refractivity contribution in [3.05, 3.63) is 29.8 Å². The molecule has 0 bridgehead atoms. The third-order valence-corrected chi connectivity index (χ3v) is 1.62. The second-order valence-electron chi connectivity index (χ2n) is 2.50. The van der Waals surface area contributed by atoms with Crippen molar-refractivity contribution in [2.45, 2.75) is 6.42 Å². The van der Waals surface area contributed by atoms with Crippen LogP contribution in [-0.4, -0.2) is 16.9 Å². The molecule has 0 fully saturated rings. The summed E-state index contributed by atoms with van der Waals surface area (Å²) in [6, 6.07) is 7.42. The molecule has 0 atom stereocenters. The first-order valence-corrected chi connectivity index (χ1v) is 4.56. The minimum Gasteiger partial charge on any atom is -0.395 e. The van der Waals surface area contributed by atoms with Gasteiger partial charge in [-0.2, -0.15) is 4.99 Å². The minimum atomic E-state index is 0.0750. The number of aliphatic hydroxyl groups excluding tert-OH is 1. The molecule has 0 radical (unpaired) electrons. The molecule has 1 aromatic rings. The van der Waals surface area contributed by atoms with Crippen LogP contribution in [0.4, 0.5) is 5.69 Å². The molecule has 2 nitrogen and oxygen atoms in total. The quantitative estimate of drug-likeness (QED) is 0.454. The zero-order chi connectivity index (χ0) is 10.2. The average Bonchev–Trinajstić information content (AvgIpc) is 2.21. The van der Waals surface area contributed by atoms with E-state index >= 15 is 0 Å². The van der Waals surface area contributed by atoms with Crippen molar-refractivity contribution in [1.82, 2.24) is 0 Å². The van der Waals surface area contributed by atoms with E-state index in [1.54, 1.807) is 0 Å². The number of hydrogen-bond donors (Lipinski definition) is 1. The van der Waals surface area contributed by atoms with Crippen molar-refractivity contribution < 1.29 is 5.11 Å². The molecular formula is C11H9NOS. The molecular weight excluding hydrogens is 194 g/mol. The highest BCUT2D eigenvalue weighted by atomic mass is 32.1. The van der Waals surface area contributed by atoms with Crippen molar-refractivity contribution in [3.8, 4) is 11.8 Å². The molecule has 0 aliphatic carbocycles. The Morgan fingerprint density at radius 3 is 2.86 bits per heavy atom. The van der Waals surface area contributed by atoms with Crippen LogP contribution in [0.25, 0.3) is 0 Å². The summed E-state index contributed by atoms with van der Waals surface area (Å²) >= 11 is 4.52. The summed E-state index contributed by atoms with van der Waals surface area (Å²) in [4.78, 5) is 3.89. The second kappa shape index (κ2) is 6.06. The van der Waals surface area contributed by atoms with Gasteiger partial charge in [0.05, 0.1) is 23.0 Å². The fourth-order valence-corrected chi connectivity index (χ4v) is 1.04. The van der Waals surface area contributed by atoms with Gasteiger partial charge in [0.1, 0.15) is 0 Å². The van der Waals surface area contributed by atoms with Gasteiger partial charge >= 0.3 is 0 Å². The maximum atomic E-state index is 8.56. The Hall–Kier alpha value is -1.46. The van der Waals surface area contributed by atoms with Crippen LogP contribution in [0.2, 0.25) is 0 Å². The highest BCUT2D eigenvalue weighted by molar-refractivity contribution is 7.78. The molecule has 1 rings (SSSR count). The van der Waals surface area contributed by atoms with Crippen LogP contribution in [-0.2, 0) is 0 Å². The molecule has 0 amide bonds. The van der Waals surface area contributed by atoms with E-state index in [2.05, 4.69) is 34.2 Å². The number of isothiocyanates is 1. The van der Waals surface area contributed by atoms with E-state index in [0.29, 0.717) is 12.1 Å². The van der Waals surface area contributed by atoms with Gasteiger partial charge in [-0.1, -0.05) is 24.0 Å². The van der Waals surface area contributed by atoms with Crippen molar-refractivity contribution in [3.63, 3.8) is 0 Å². The number of thiocarbonyl (C=S) groups is 1. The zero-order valence-electron chi connectivity index (χ0n) is 7.53. The number of hydrogen-bond acceptors (Lipinski definition) is 3. The van der Waals surface area contributed by atoms with Gasteiger partial charge < -0.3 is 5.11 Å². The van der Waals surface area contributed by atoms with E-state index in [1.165, 1.54) is 0 Å². The first-order chi connectivity index (χ1) is 6.88. The van der Waals surface area contributed by atoms with E-state index in [-0.39, 0.29) is 6.61 Å². The molecule has 0 aliphatic heterocycles. The lowest BCUT2D eigenvalue weighted by atomic mass is 10.2. The number of benzene rings is 1. The molecule has 70 valence electrons. The Morgan fingerprint density at radius 2 is 2.14 bits per heavy atom. The maximum Gasteiger partial charge on any atom is 0.0895 e. The first-order valence-electron chi connectivity index (χ1n) is 4.15.